The van der Waals surface area contributed by atoms with Gasteiger partial charge in [-0.15, -0.1) is 0 Å². The predicted octanol–water partition coefficient (Wildman–Crippen LogP) is 1.12. The van der Waals surface area contributed by atoms with E-state index in [9.17, 15) is 9.59 Å². The molecule has 2 atom stereocenters. The van der Waals surface area contributed by atoms with E-state index in [0.29, 0.717) is 5.02 Å². The molecule has 2 N–H and O–H groups in total. The first-order valence-electron chi connectivity index (χ1n) is 7.02. The van der Waals surface area contributed by atoms with Crippen molar-refractivity contribution in [1.82, 2.24) is 9.80 Å². The van der Waals surface area contributed by atoms with Crippen LogP contribution in [0.5, 0.6) is 0 Å². The zero-order valence-corrected chi connectivity index (χ0v) is 13.2. The van der Waals surface area contributed by atoms with Gasteiger partial charge in [0.2, 0.25) is 11.8 Å². The van der Waals surface area contributed by atoms with E-state index >= 15 is 0 Å². The number of benzene rings is 1. The molecule has 1 aromatic rings. The lowest BCUT2D eigenvalue weighted by atomic mass is 10.1. The quantitative estimate of drug-likeness (QED) is 0.812. The Balaban J connectivity index is 2.29. The minimum Gasteiger partial charge on any atom is -0.368 e. The molecule has 0 radical (unpaired) electrons. The molecule has 2 unspecified atom stereocenters. The molecule has 1 fully saturated rings. The summed E-state index contributed by atoms with van der Waals surface area (Å²) in [7, 11) is 1.65. The van der Waals surface area contributed by atoms with Gasteiger partial charge in [0.1, 0.15) is 12.2 Å². The molecule has 0 aliphatic carbocycles. The maximum Gasteiger partial charge on any atom is 0.246 e. The Labute approximate surface area is 133 Å². The molecule has 7 heteroatoms. The number of halogens is 1. The fourth-order valence-corrected chi connectivity index (χ4v) is 2.81. The fraction of sp³-hybridized carbons (Fsp3) is 0.467. The molecule has 0 spiro atoms. The molecular weight excluding hydrogens is 308 g/mol. The van der Waals surface area contributed by atoms with Crippen molar-refractivity contribution in [3.63, 3.8) is 0 Å². The van der Waals surface area contributed by atoms with Crippen molar-refractivity contribution >= 4 is 23.4 Å². The van der Waals surface area contributed by atoms with Gasteiger partial charge in [-0.3, -0.25) is 9.59 Å². The molecule has 1 aromatic carbocycles. The molecule has 1 saturated heterocycles. The molecule has 1 aliphatic rings. The van der Waals surface area contributed by atoms with Crippen LogP contribution in [0.2, 0.25) is 5.02 Å². The van der Waals surface area contributed by atoms with Crippen molar-refractivity contribution < 1.29 is 19.8 Å². The van der Waals surface area contributed by atoms with Crippen molar-refractivity contribution in [2.45, 2.75) is 38.3 Å². The third-order valence-electron chi connectivity index (χ3n) is 3.83. The van der Waals surface area contributed by atoms with Gasteiger partial charge in [0, 0.05) is 24.9 Å². The van der Waals surface area contributed by atoms with Crippen LogP contribution in [0, 0.1) is 0 Å². The monoisotopic (exact) mass is 326 g/mol. The van der Waals surface area contributed by atoms with Gasteiger partial charge in [0.25, 0.3) is 0 Å². The van der Waals surface area contributed by atoms with Gasteiger partial charge in [-0.2, -0.15) is 0 Å². The number of nitrogens with zero attached hydrogens (tertiary/aromatic N) is 2. The van der Waals surface area contributed by atoms with Crippen LogP contribution < -0.4 is 0 Å². The van der Waals surface area contributed by atoms with E-state index in [1.807, 2.05) is 0 Å². The third-order valence-corrected chi connectivity index (χ3v) is 4.08. The lowest BCUT2D eigenvalue weighted by Crippen LogP contribution is -2.38. The highest BCUT2D eigenvalue weighted by Crippen LogP contribution is 2.34. The summed E-state index contributed by atoms with van der Waals surface area (Å²) in [5.41, 5.74) is 0.780. The van der Waals surface area contributed by atoms with Crippen LogP contribution >= 0.6 is 11.6 Å². The van der Waals surface area contributed by atoms with Gasteiger partial charge in [-0.05, 0) is 24.6 Å². The summed E-state index contributed by atoms with van der Waals surface area (Å²) in [6.07, 6.45) is -2.15. The second-order valence-electron chi connectivity index (χ2n) is 5.37. The first-order chi connectivity index (χ1) is 10.3. The topological polar surface area (TPSA) is 81.1 Å². The van der Waals surface area contributed by atoms with Crippen LogP contribution in [-0.2, 0) is 9.59 Å². The van der Waals surface area contributed by atoms with E-state index in [0.717, 1.165) is 5.56 Å². The Morgan fingerprint density at radius 1 is 1.32 bits per heavy atom. The maximum absolute atomic E-state index is 12.4. The Morgan fingerprint density at radius 2 is 1.91 bits per heavy atom. The Morgan fingerprint density at radius 3 is 2.45 bits per heavy atom. The number of carbonyl (C=O) groups is 2. The first kappa shape index (κ1) is 16.7. The lowest BCUT2D eigenvalue weighted by Gasteiger charge is -2.29. The summed E-state index contributed by atoms with van der Waals surface area (Å²) in [6.45, 7) is 1.67. The number of amides is 2. The molecule has 2 amide bonds. The number of hydrogen-bond acceptors (Lipinski definition) is 4. The average Bonchev–Trinajstić information content (AvgIpc) is 2.70. The molecule has 0 aromatic heterocycles. The highest BCUT2D eigenvalue weighted by atomic mass is 35.5. The van der Waals surface area contributed by atoms with Crippen LogP contribution in [0.3, 0.4) is 0 Å². The molecule has 0 bridgehead atoms. The standard InChI is InChI=1S/C15H19ClN2O4/c1-9-15(22)17(2)14(10-3-5-11(16)6-4-10)18(9)12(19)7-8-13(20)21/h3-6,9,13-14,20-21H,7-8H2,1-2H3. The first-order valence-corrected chi connectivity index (χ1v) is 7.40. The molecule has 22 heavy (non-hydrogen) atoms. The second kappa shape index (κ2) is 6.64. The minimum absolute atomic E-state index is 0.0345. The van der Waals surface area contributed by atoms with Gasteiger partial charge in [0.15, 0.2) is 6.29 Å². The number of rotatable bonds is 4. The van der Waals surface area contributed by atoms with Crippen LogP contribution in [0.25, 0.3) is 0 Å². The van der Waals surface area contributed by atoms with Gasteiger partial charge in [-0.25, -0.2) is 0 Å². The van der Waals surface area contributed by atoms with Gasteiger partial charge < -0.3 is 20.0 Å². The van der Waals surface area contributed by atoms with E-state index in [1.54, 1.807) is 38.2 Å². The number of aliphatic hydroxyl groups is 2. The highest BCUT2D eigenvalue weighted by molar-refractivity contribution is 6.30. The summed E-state index contributed by atoms with van der Waals surface area (Å²) in [4.78, 5) is 27.6. The average molecular weight is 327 g/mol. The van der Waals surface area contributed by atoms with Crippen molar-refractivity contribution in [1.29, 1.82) is 0 Å². The van der Waals surface area contributed by atoms with Crippen LogP contribution in [0.1, 0.15) is 31.5 Å². The third kappa shape index (κ3) is 3.24. The van der Waals surface area contributed by atoms with Crippen LogP contribution in [0.15, 0.2) is 24.3 Å². The van der Waals surface area contributed by atoms with Gasteiger partial charge >= 0.3 is 0 Å². The molecule has 120 valence electrons. The van der Waals surface area contributed by atoms with Gasteiger partial charge in [-0.1, -0.05) is 23.7 Å². The van der Waals surface area contributed by atoms with Gasteiger partial charge in [0.05, 0.1) is 0 Å². The van der Waals surface area contributed by atoms with E-state index in [2.05, 4.69) is 0 Å². The minimum atomic E-state index is -1.54. The Hall–Kier alpha value is -1.63. The second-order valence-corrected chi connectivity index (χ2v) is 5.81. The SMILES string of the molecule is CC1C(=O)N(C)C(c2ccc(Cl)cc2)N1C(=O)CCC(O)O. The Kier molecular flexibility index (Phi) is 5.05. The Bertz CT molecular complexity index is 561. The molecular formula is C15H19ClN2O4. The largest absolute Gasteiger partial charge is 0.368 e. The van der Waals surface area contributed by atoms with Crippen molar-refractivity contribution in [3.8, 4) is 0 Å². The maximum atomic E-state index is 12.4. The number of aliphatic hydroxyl groups excluding tert-OH is 1. The van der Waals surface area contributed by atoms with Crippen LogP contribution in [0.4, 0.5) is 0 Å². The van der Waals surface area contributed by atoms with E-state index < -0.39 is 18.5 Å². The normalized spacial score (nSPS) is 21.8. The van der Waals surface area contributed by atoms with Crippen molar-refractivity contribution in [2.75, 3.05) is 7.05 Å². The highest BCUT2D eigenvalue weighted by Gasteiger charge is 2.44. The predicted molar refractivity (Wildman–Crippen MR) is 80.7 cm³/mol. The molecule has 2 rings (SSSR count). The molecule has 1 aliphatic heterocycles. The van der Waals surface area contributed by atoms with Crippen LogP contribution in [-0.4, -0.2) is 51.2 Å². The zero-order chi connectivity index (χ0) is 16.4. The summed E-state index contributed by atoms with van der Waals surface area (Å²) in [5.74, 6) is -0.448. The molecule has 0 saturated carbocycles. The van der Waals surface area contributed by atoms with E-state index in [1.165, 1.54) is 9.80 Å². The van der Waals surface area contributed by atoms with Crippen molar-refractivity contribution in [2.24, 2.45) is 0 Å². The summed E-state index contributed by atoms with van der Waals surface area (Å²) >= 11 is 5.88. The zero-order valence-electron chi connectivity index (χ0n) is 12.4. The number of likely N-dealkylation sites (N-methyl/N-ethyl adjacent to an activating group) is 1. The molecule has 1 heterocycles. The van der Waals surface area contributed by atoms with E-state index in [-0.39, 0.29) is 24.7 Å². The molecule has 6 nitrogen and oxygen atoms in total. The summed E-state index contributed by atoms with van der Waals surface area (Å²) in [6, 6.07) is 6.37. The van der Waals surface area contributed by atoms with E-state index in [4.69, 9.17) is 21.8 Å². The number of carbonyl (C=O) groups excluding carboxylic acids is 2. The summed E-state index contributed by atoms with van der Waals surface area (Å²) in [5, 5.41) is 18.4. The summed E-state index contributed by atoms with van der Waals surface area (Å²) < 4.78 is 0. The fourth-order valence-electron chi connectivity index (χ4n) is 2.69. The number of hydrogen-bond donors (Lipinski definition) is 2. The van der Waals surface area contributed by atoms with Crippen molar-refractivity contribution in [3.05, 3.63) is 34.9 Å². The smallest absolute Gasteiger partial charge is 0.246 e. The lowest BCUT2D eigenvalue weighted by molar-refractivity contribution is -0.138.